The highest BCUT2D eigenvalue weighted by atomic mass is 16.5. The minimum Gasteiger partial charge on any atom is -0.358 e. The zero-order valence-electron chi connectivity index (χ0n) is 12.7. The van der Waals surface area contributed by atoms with E-state index in [9.17, 15) is 4.79 Å². The average Bonchev–Trinajstić information content (AvgIpc) is 3.06. The summed E-state index contributed by atoms with van der Waals surface area (Å²) in [4.78, 5) is 18.1. The SMILES string of the molecule is CNC(=O)CN1CCC(c2nc(-c3ccccc3)no2)CC1. The van der Waals surface area contributed by atoms with Gasteiger partial charge >= 0.3 is 0 Å². The van der Waals surface area contributed by atoms with Gasteiger partial charge in [0, 0.05) is 18.5 Å². The van der Waals surface area contributed by atoms with Gasteiger partial charge in [-0.2, -0.15) is 4.98 Å². The van der Waals surface area contributed by atoms with Crippen LogP contribution in [-0.4, -0.2) is 47.6 Å². The third-order valence-corrected chi connectivity index (χ3v) is 4.06. The molecule has 2 heterocycles. The third kappa shape index (κ3) is 3.33. The van der Waals surface area contributed by atoms with Crippen molar-refractivity contribution in [3.63, 3.8) is 0 Å². The van der Waals surface area contributed by atoms with E-state index in [-0.39, 0.29) is 11.8 Å². The number of carbonyl (C=O) groups excluding carboxylic acids is 1. The number of nitrogens with zero attached hydrogens (tertiary/aromatic N) is 3. The van der Waals surface area contributed by atoms with Crippen LogP contribution in [0.5, 0.6) is 0 Å². The molecule has 0 atom stereocenters. The van der Waals surface area contributed by atoms with Crippen LogP contribution in [0.3, 0.4) is 0 Å². The number of likely N-dealkylation sites (tertiary alicyclic amines) is 1. The van der Waals surface area contributed by atoms with Crippen LogP contribution in [0.4, 0.5) is 0 Å². The Kier molecular flexibility index (Phi) is 4.48. The van der Waals surface area contributed by atoms with E-state index in [0.717, 1.165) is 31.5 Å². The van der Waals surface area contributed by atoms with Crippen LogP contribution in [0.15, 0.2) is 34.9 Å². The molecule has 0 spiro atoms. The molecule has 1 N–H and O–H groups in total. The van der Waals surface area contributed by atoms with E-state index in [2.05, 4.69) is 20.4 Å². The summed E-state index contributed by atoms with van der Waals surface area (Å²) in [5.74, 6) is 1.69. The lowest BCUT2D eigenvalue weighted by Gasteiger charge is -2.29. The minimum atomic E-state index is 0.0580. The van der Waals surface area contributed by atoms with Gasteiger partial charge in [-0.1, -0.05) is 35.5 Å². The third-order valence-electron chi connectivity index (χ3n) is 4.06. The van der Waals surface area contributed by atoms with E-state index in [4.69, 9.17) is 4.52 Å². The average molecular weight is 300 g/mol. The second-order valence-corrected chi connectivity index (χ2v) is 5.55. The Morgan fingerprint density at radius 1 is 1.32 bits per heavy atom. The van der Waals surface area contributed by atoms with Crippen LogP contribution in [-0.2, 0) is 4.79 Å². The maximum Gasteiger partial charge on any atom is 0.233 e. The number of likely N-dealkylation sites (N-methyl/N-ethyl adjacent to an activating group) is 1. The van der Waals surface area contributed by atoms with E-state index in [0.29, 0.717) is 18.3 Å². The largest absolute Gasteiger partial charge is 0.358 e. The number of hydrogen-bond donors (Lipinski definition) is 1. The molecule has 0 radical (unpaired) electrons. The van der Waals surface area contributed by atoms with Gasteiger partial charge in [0.15, 0.2) is 0 Å². The minimum absolute atomic E-state index is 0.0580. The quantitative estimate of drug-likeness (QED) is 0.930. The molecule has 1 aromatic carbocycles. The van der Waals surface area contributed by atoms with Gasteiger partial charge in [0.25, 0.3) is 0 Å². The molecule has 116 valence electrons. The second-order valence-electron chi connectivity index (χ2n) is 5.55. The lowest BCUT2D eigenvalue weighted by molar-refractivity contribution is -0.122. The van der Waals surface area contributed by atoms with Gasteiger partial charge in [0.1, 0.15) is 0 Å². The number of amides is 1. The highest BCUT2D eigenvalue weighted by Crippen LogP contribution is 2.28. The molecule has 22 heavy (non-hydrogen) atoms. The highest BCUT2D eigenvalue weighted by Gasteiger charge is 2.26. The number of aromatic nitrogens is 2. The molecule has 0 saturated carbocycles. The first-order valence-electron chi connectivity index (χ1n) is 7.58. The van der Waals surface area contributed by atoms with Crippen LogP contribution in [0.2, 0.25) is 0 Å². The van der Waals surface area contributed by atoms with Crippen molar-refractivity contribution in [3.8, 4) is 11.4 Å². The van der Waals surface area contributed by atoms with Crippen molar-refractivity contribution in [1.82, 2.24) is 20.4 Å². The highest BCUT2D eigenvalue weighted by molar-refractivity contribution is 5.77. The Labute approximate surface area is 129 Å². The van der Waals surface area contributed by atoms with Gasteiger partial charge < -0.3 is 9.84 Å². The van der Waals surface area contributed by atoms with Crippen LogP contribution < -0.4 is 5.32 Å². The molecule has 1 aliphatic heterocycles. The fourth-order valence-electron chi connectivity index (χ4n) is 2.73. The number of nitrogens with one attached hydrogen (secondary N) is 1. The van der Waals surface area contributed by atoms with Gasteiger partial charge in [-0.05, 0) is 25.9 Å². The van der Waals surface area contributed by atoms with Crippen molar-refractivity contribution in [2.24, 2.45) is 0 Å². The first-order valence-corrected chi connectivity index (χ1v) is 7.58. The Hall–Kier alpha value is -2.21. The van der Waals surface area contributed by atoms with Gasteiger partial charge in [0.2, 0.25) is 17.6 Å². The molecule has 3 rings (SSSR count). The van der Waals surface area contributed by atoms with Crippen molar-refractivity contribution in [2.45, 2.75) is 18.8 Å². The Balaban J connectivity index is 1.60. The molecular formula is C16H20N4O2. The summed E-state index contributed by atoms with van der Waals surface area (Å²) in [7, 11) is 1.67. The van der Waals surface area contributed by atoms with Crippen molar-refractivity contribution in [2.75, 3.05) is 26.7 Å². The number of carbonyl (C=O) groups is 1. The standard InChI is InChI=1S/C16H20N4O2/c1-17-14(21)11-20-9-7-13(8-10-20)16-18-15(19-22-16)12-5-3-2-4-6-12/h2-6,13H,7-11H2,1H3,(H,17,21). The maximum atomic E-state index is 11.4. The monoisotopic (exact) mass is 300 g/mol. The zero-order chi connectivity index (χ0) is 15.4. The fourth-order valence-corrected chi connectivity index (χ4v) is 2.73. The molecule has 1 fully saturated rings. The van der Waals surface area contributed by atoms with Crippen molar-refractivity contribution >= 4 is 5.91 Å². The summed E-state index contributed by atoms with van der Waals surface area (Å²) < 4.78 is 5.44. The normalized spacial score (nSPS) is 16.6. The van der Waals surface area contributed by atoms with Gasteiger partial charge in [0.05, 0.1) is 6.54 Å². The van der Waals surface area contributed by atoms with Gasteiger partial charge in [-0.15, -0.1) is 0 Å². The van der Waals surface area contributed by atoms with Crippen LogP contribution in [0.1, 0.15) is 24.7 Å². The van der Waals surface area contributed by atoms with Gasteiger partial charge in [-0.25, -0.2) is 0 Å². The summed E-state index contributed by atoms with van der Waals surface area (Å²) in [5.41, 5.74) is 0.967. The molecule has 1 aromatic heterocycles. The van der Waals surface area contributed by atoms with E-state index < -0.39 is 0 Å². The number of benzene rings is 1. The van der Waals surface area contributed by atoms with E-state index >= 15 is 0 Å². The fraction of sp³-hybridized carbons (Fsp3) is 0.438. The Morgan fingerprint density at radius 3 is 2.73 bits per heavy atom. The first kappa shape index (κ1) is 14.7. The maximum absolute atomic E-state index is 11.4. The first-order chi connectivity index (χ1) is 10.8. The van der Waals surface area contributed by atoms with Crippen molar-refractivity contribution in [1.29, 1.82) is 0 Å². The van der Waals surface area contributed by atoms with Crippen LogP contribution in [0.25, 0.3) is 11.4 Å². The van der Waals surface area contributed by atoms with Crippen LogP contribution in [0, 0.1) is 0 Å². The second kappa shape index (κ2) is 6.70. The lowest BCUT2D eigenvalue weighted by Crippen LogP contribution is -2.40. The number of hydrogen-bond acceptors (Lipinski definition) is 5. The lowest BCUT2D eigenvalue weighted by atomic mass is 9.97. The molecule has 6 heteroatoms. The van der Waals surface area contributed by atoms with E-state index in [1.807, 2.05) is 30.3 Å². The molecule has 2 aromatic rings. The number of rotatable bonds is 4. The molecule has 1 aliphatic rings. The molecule has 0 aliphatic carbocycles. The molecule has 0 unspecified atom stereocenters. The summed E-state index contributed by atoms with van der Waals surface area (Å²) >= 11 is 0. The topological polar surface area (TPSA) is 71.3 Å². The summed E-state index contributed by atoms with van der Waals surface area (Å²) in [6.45, 7) is 2.21. The number of piperidine rings is 1. The summed E-state index contributed by atoms with van der Waals surface area (Å²) in [5, 5.41) is 6.73. The summed E-state index contributed by atoms with van der Waals surface area (Å²) in [6.07, 6.45) is 1.88. The van der Waals surface area contributed by atoms with Crippen molar-refractivity contribution < 1.29 is 9.32 Å². The zero-order valence-corrected chi connectivity index (χ0v) is 12.7. The molecule has 0 bridgehead atoms. The molecular weight excluding hydrogens is 280 g/mol. The Bertz CT molecular complexity index is 618. The van der Waals surface area contributed by atoms with E-state index in [1.54, 1.807) is 7.05 Å². The van der Waals surface area contributed by atoms with Crippen LogP contribution >= 0.6 is 0 Å². The molecule has 1 amide bonds. The predicted octanol–water partition coefficient (Wildman–Crippen LogP) is 1.66. The van der Waals surface area contributed by atoms with E-state index in [1.165, 1.54) is 0 Å². The smallest absolute Gasteiger partial charge is 0.233 e. The van der Waals surface area contributed by atoms with Gasteiger partial charge in [-0.3, -0.25) is 9.69 Å². The molecule has 1 saturated heterocycles. The predicted molar refractivity (Wildman–Crippen MR) is 82.2 cm³/mol. The van der Waals surface area contributed by atoms with Crippen molar-refractivity contribution in [3.05, 3.63) is 36.2 Å². The summed E-state index contributed by atoms with van der Waals surface area (Å²) in [6, 6.07) is 9.83. The Morgan fingerprint density at radius 2 is 2.05 bits per heavy atom. The molecule has 6 nitrogen and oxygen atoms in total.